The third-order valence-electron chi connectivity index (χ3n) is 3.89. The molecule has 0 radical (unpaired) electrons. The Morgan fingerprint density at radius 1 is 1.30 bits per heavy atom. The van der Waals surface area contributed by atoms with E-state index in [1.54, 1.807) is 6.33 Å². The molecule has 1 aromatic carbocycles. The highest BCUT2D eigenvalue weighted by atomic mass is 16.3. The topological polar surface area (TPSA) is 63.0 Å². The van der Waals surface area contributed by atoms with E-state index in [1.807, 2.05) is 22.9 Å². The molecule has 5 heteroatoms. The summed E-state index contributed by atoms with van der Waals surface area (Å²) in [7, 11) is 0. The third-order valence-corrected chi connectivity index (χ3v) is 3.89. The number of aryl methyl sites for hydroxylation is 1. The summed E-state index contributed by atoms with van der Waals surface area (Å²) in [4.78, 5) is 3.96. The van der Waals surface area contributed by atoms with Crippen molar-refractivity contribution >= 4 is 0 Å². The molecule has 1 saturated carbocycles. The first-order chi connectivity index (χ1) is 9.82. The van der Waals surface area contributed by atoms with Crippen molar-refractivity contribution in [2.75, 3.05) is 6.61 Å². The monoisotopic (exact) mass is 272 g/mol. The van der Waals surface area contributed by atoms with Crippen LogP contribution in [0.2, 0.25) is 0 Å². The SMILES string of the molecule is OCC(CCn1cncn1)(NC1CC1)c1ccccc1. The zero-order chi connectivity index (χ0) is 13.8. The fourth-order valence-corrected chi connectivity index (χ4v) is 2.55. The summed E-state index contributed by atoms with van der Waals surface area (Å²) in [5.41, 5.74) is 0.739. The van der Waals surface area contributed by atoms with Crippen LogP contribution in [0.4, 0.5) is 0 Å². The molecule has 106 valence electrons. The molecule has 0 spiro atoms. The molecule has 1 aliphatic rings. The first-order valence-electron chi connectivity index (χ1n) is 7.09. The number of aromatic nitrogens is 3. The molecule has 1 fully saturated rings. The minimum atomic E-state index is -0.394. The maximum Gasteiger partial charge on any atom is 0.137 e. The van der Waals surface area contributed by atoms with Crippen molar-refractivity contribution in [2.24, 2.45) is 0 Å². The van der Waals surface area contributed by atoms with Crippen LogP contribution in [0.3, 0.4) is 0 Å². The smallest absolute Gasteiger partial charge is 0.137 e. The van der Waals surface area contributed by atoms with Crippen molar-refractivity contribution in [1.29, 1.82) is 0 Å². The fraction of sp³-hybridized carbons (Fsp3) is 0.467. The van der Waals surface area contributed by atoms with Gasteiger partial charge in [0.15, 0.2) is 0 Å². The van der Waals surface area contributed by atoms with Gasteiger partial charge in [0.2, 0.25) is 0 Å². The Labute approximate surface area is 118 Å². The summed E-state index contributed by atoms with van der Waals surface area (Å²) in [6.07, 6.45) is 6.42. The normalized spacial score (nSPS) is 17.9. The Balaban J connectivity index is 1.81. The lowest BCUT2D eigenvalue weighted by Gasteiger charge is -2.34. The van der Waals surface area contributed by atoms with Gasteiger partial charge in [-0.2, -0.15) is 5.10 Å². The molecule has 20 heavy (non-hydrogen) atoms. The average Bonchev–Trinajstić information content (AvgIpc) is 3.16. The minimum Gasteiger partial charge on any atom is -0.394 e. The number of rotatable bonds is 7. The van der Waals surface area contributed by atoms with Gasteiger partial charge in [0.05, 0.1) is 12.1 Å². The van der Waals surface area contributed by atoms with Gasteiger partial charge in [-0.3, -0.25) is 4.68 Å². The van der Waals surface area contributed by atoms with Gasteiger partial charge in [-0.15, -0.1) is 0 Å². The lowest BCUT2D eigenvalue weighted by atomic mass is 9.87. The second-order valence-corrected chi connectivity index (χ2v) is 5.43. The second kappa shape index (κ2) is 5.73. The lowest BCUT2D eigenvalue weighted by Crippen LogP contribution is -2.47. The summed E-state index contributed by atoms with van der Waals surface area (Å²) in [5.74, 6) is 0. The highest BCUT2D eigenvalue weighted by molar-refractivity contribution is 5.25. The predicted molar refractivity (Wildman–Crippen MR) is 76.0 cm³/mol. The van der Waals surface area contributed by atoms with Gasteiger partial charge in [-0.1, -0.05) is 30.3 Å². The molecule has 0 saturated heterocycles. The van der Waals surface area contributed by atoms with Gasteiger partial charge in [-0.25, -0.2) is 4.98 Å². The molecule has 5 nitrogen and oxygen atoms in total. The molecule has 0 aliphatic heterocycles. The van der Waals surface area contributed by atoms with Crippen molar-refractivity contribution in [1.82, 2.24) is 20.1 Å². The standard InChI is InChI=1S/C15H20N4O/c20-10-15(18-14-6-7-14,13-4-2-1-3-5-13)8-9-19-12-16-11-17-19/h1-5,11-12,14,18,20H,6-10H2. The Morgan fingerprint density at radius 2 is 2.10 bits per heavy atom. The molecular weight excluding hydrogens is 252 g/mol. The zero-order valence-electron chi connectivity index (χ0n) is 11.4. The molecule has 1 unspecified atom stereocenters. The van der Waals surface area contributed by atoms with Crippen LogP contribution in [0.1, 0.15) is 24.8 Å². The van der Waals surface area contributed by atoms with Crippen molar-refractivity contribution in [3.63, 3.8) is 0 Å². The average molecular weight is 272 g/mol. The maximum absolute atomic E-state index is 10.0. The highest BCUT2D eigenvalue weighted by Crippen LogP contribution is 2.31. The van der Waals surface area contributed by atoms with Crippen LogP contribution in [-0.2, 0) is 12.1 Å². The Hall–Kier alpha value is -1.72. The largest absolute Gasteiger partial charge is 0.394 e. The number of benzene rings is 1. The summed E-state index contributed by atoms with van der Waals surface area (Å²) in [6.45, 7) is 0.817. The molecular formula is C15H20N4O. The van der Waals surface area contributed by atoms with Crippen molar-refractivity contribution in [2.45, 2.75) is 37.4 Å². The summed E-state index contributed by atoms with van der Waals surface area (Å²) in [6, 6.07) is 10.7. The van der Waals surface area contributed by atoms with Gasteiger partial charge in [0.25, 0.3) is 0 Å². The van der Waals surface area contributed by atoms with Crippen LogP contribution in [0.25, 0.3) is 0 Å². The molecule has 1 heterocycles. The molecule has 0 bridgehead atoms. The predicted octanol–water partition coefficient (Wildman–Crippen LogP) is 1.31. The molecule has 1 aliphatic carbocycles. The van der Waals surface area contributed by atoms with E-state index in [0.717, 1.165) is 18.5 Å². The summed E-state index contributed by atoms with van der Waals surface area (Å²) in [5, 5.41) is 17.8. The molecule has 1 aromatic heterocycles. The summed E-state index contributed by atoms with van der Waals surface area (Å²) < 4.78 is 1.81. The number of nitrogens with one attached hydrogen (secondary N) is 1. The van der Waals surface area contributed by atoms with Crippen molar-refractivity contribution in [3.05, 3.63) is 48.5 Å². The first kappa shape index (κ1) is 13.3. The van der Waals surface area contributed by atoms with E-state index in [2.05, 4.69) is 27.5 Å². The van der Waals surface area contributed by atoms with Gasteiger partial charge in [0.1, 0.15) is 12.7 Å². The number of aliphatic hydroxyl groups excluding tert-OH is 1. The molecule has 2 N–H and O–H groups in total. The maximum atomic E-state index is 10.0. The molecule has 2 aromatic rings. The summed E-state index contributed by atoms with van der Waals surface area (Å²) >= 11 is 0. The van der Waals surface area contributed by atoms with Gasteiger partial charge < -0.3 is 10.4 Å². The van der Waals surface area contributed by atoms with E-state index in [1.165, 1.54) is 19.2 Å². The number of hydrogen-bond donors (Lipinski definition) is 2. The Morgan fingerprint density at radius 3 is 2.70 bits per heavy atom. The number of hydrogen-bond acceptors (Lipinski definition) is 4. The van der Waals surface area contributed by atoms with E-state index < -0.39 is 5.54 Å². The molecule has 1 atom stereocenters. The number of nitrogens with zero attached hydrogens (tertiary/aromatic N) is 3. The van der Waals surface area contributed by atoms with Crippen molar-refractivity contribution < 1.29 is 5.11 Å². The van der Waals surface area contributed by atoms with Crippen LogP contribution >= 0.6 is 0 Å². The van der Waals surface area contributed by atoms with E-state index in [0.29, 0.717) is 6.04 Å². The van der Waals surface area contributed by atoms with Crippen LogP contribution < -0.4 is 5.32 Å². The fourth-order valence-electron chi connectivity index (χ4n) is 2.55. The highest BCUT2D eigenvalue weighted by Gasteiger charge is 2.37. The molecule has 3 rings (SSSR count). The van der Waals surface area contributed by atoms with Crippen LogP contribution in [-0.4, -0.2) is 32.5 Å². The quantitative estimate of drug-likeness (QED) is 0.797. The zero-order valence-corrected chi connectivity index (χ0v) is 11.4. The second-order valence-electron chi connectivity index (χ2n) is 5.43. The lowest BCUT2D eigenvalue weighted by molar-refractivity contribution is 0.142. The third kappa shape index (κ3) is 2.89. The van der Waals surface area contributed by atoms with Gasteiger partial charge in [0, 0.05) is 12.6 Å². The van der Waals surface area contributed by atoms with Crippen LogP contribution in [0.5, 0.6) is 0 Å². The Bertz CT molecular complexity index is 524. The van der Waals surface area contributed by atoms with E-state index in [4.69, 9.17) is 0 Å². The van der Waals surface area contributed by atoms with Gasteiger partial charge >= 0.3 is 0 Å². The minimum absolute atomic E-state index is 0.0855. The van der Waals surface area contributed by atoms with Crippen LogP contribution in [0.15, 0.2) is 43.0 Å². The number of aliphatic hydroxyl groups is 1. The Kier molecular flexibility index (Phi) is 3.80. The van der Waals surface area contributed by atoms with Gasteiger partial charge in [-0.05, 0) is 24.8 Å². The first-order valence-corrected chi connectivity index (χ1v) is 7.09. The molecule has 0 amide bonds. The van der Waals surface area contributed by atoms with Crippen LogP contribution in [0, 0.1) is 0 Å². The van der Waals surface area contributed by atoms with E-state index in [9.17, 15) is 5.11 Å². The van der Waals surface area contributed by atoms with E-state index >= 15 is 0 Å². The van der Waals surface area contributed by atoms with E-state index in [-0.39, 0.29) is 6.61 Å². The van der Waals surface area contributed by atoms with Crippen molar-refractivity contribution in [3.8, 4) is 0 Å².